The molecule has 1 fully saturated rings. The lowest BCUT2D eigenvalue weighted by Gasteiger charge is -2.23. The average Bonchev–Trinajstić information content (AvgIpc) is 3.34. The van der Waals surface area contributed by atoms with Crippen molar-refractivity contribution in [3.05, 3.63) is 28.1 Å². The molecule has 1 aliphatic heterocycles. The summed E-state index contributed by atoms with van der Waals surface area (Å²) in [5, 5.41) is 11.0. The lowest BCUT2D eigenvalue weighted by molar-refractivity contribution is -0.129. The molecule has 0 aromatic carbocycles. The van der Waals surface area contributed by atoms with Gasteiger partial charge in [-0.25, -0.2) is 0 Å². The maximum Gasteiger partial charge on any atom is 0.266 e. The van der Waals surface area contributed by atoms with Gasteiger partial charge in [0.15, 0.2) is 5.82 Å². The number of carbonyl (C=O) groups is 2. The van der Waals surface area contributed by atoms with Gasteiger partial charge >= 0.3 is 0 Å². The van der Waals surface area contributed by atoms with Crippen molar-refractivity contribution in [2.24, 2.45) is 0 Å². The second-order valence-electron chi connectivity index (χ2n) is 5.75. The topological polar surface area (TPSA) is 80.1 Å². The van der Waals surface area contributed by atoms with Crippen LogP contribution in [0.3, 0.4) is 0 Å². The number of amides is 2. The summed E-state index contributed by atoms with van der Waals surface area (Å²) in [6.45, 7) is 3.38. The molecule has 3 rings (SSSR count). The van der Waals surface area contributed by atoms with Gasteiger partial charge in [-0.3, -0.25) is 9.59 Å². The highest BCUT2D eigenvalue weighted by Gasteiger charge is 2.31. The number of nitrogens with zero attached hydrogens (tertiary/aromatic N) is 4. The molecular formula is C16H21N5O2S2. The molecule has 1 aliphatic rings. The first-order valence-corrected chi connectivity index (χ1v) is 10.4. The monoisotopic (exact) mass is 379 g/mol. The second kappa shape index (κ2) is 8.01. The molecule has 0 bridgehead atoms. The van der Waals surface area contributed by atoms with Crippen LogP contribution < -0.4 is 5.32 Å². The normalized spacial score (nSPS) is 17.0. The van der Waals surface area contributed by atoms with Crippen LogP contribution in [-0.2, 0) is 11.3 Å². The Morgan fingerprint density at radius 2 is 2.28 bits per heavy atom. The van der Waals surface area contributed by atoms with E-state index in [1.807, 2.05) is 30.2 Å². The summed E-state index contributed by atoms with van der Waals surface area (Å²) in [4.78, 5) is 29.8. The predicted octanol–water partition coefficient (Wildman–Crippen LogP) is 2.64. The van der Waals surface area contributed by atoms with E-state index in [4.69, 9.17) is 0 Å². The molecule has 9 heteroatoms. The van der Waals surface area contributed by atoms with Crippen LogP contribution in [0.4, 0.5) is 5.82 Å². The van der Waals surface area contributed by atoms with E-state index in [1.165, 1.54) is 22.3 Å². The van der Waals surface area contributed by atoms with Gasteiger partial charge in [-0.05, 0) is 38.2 Å². The Labute approximate surface area is 154 Å². The van der Waals surface area contributed by atoms with E-state index in [0.29, 0.717) is 23.0 Å². The van der Waals surface area contributed by atoms with Crippen molar-refractivity contribution in [2.45, 2.75) is 32.4 Å². The minimum absolute atomic E-state index is 0.0900. The number of aryl methyl sites for hydroxylation is 1. The smallest absolute Gasteiger partial charge is 0.266 e. The van der Waals surface area contributed by atoms with Gasteiger partial charge in [-0.1, -0.05) is 0 Å². The molecule has 0 aliphatic carbocycles. The van der Waals surface area contributed by atoms with Gasteiger partial charge in [-0.2, -0.15) is 21.7 Å². The fraction of sp³-hybridized carbons (Fsp3) is 0.500. The summed E-state index contributed by atoms with van der Waals surface area (Å²) in [5.41, 5.74) is 0. The van der Waals surface area contributed by atoms with Gasteiger partial charge < -0.3 is 10.2 Å². The Hall–Kier alpha value is -1.87. The third-order valence-corrected chi connectivity index (χ3v) is 5.80. The zero-order chi connectivity index (χ0) is 17.8. The number of thioether (sulfide) groups is 1. The van der Waals surface area contributed by atoms with Crippen molar-refractivity contribution in [3.63, 3.8) is 0 Å². The van der Waals surface area contributed by atoms with E-state index >= 15 is 0 Å². The quantitative estimate of drug-likeness (QED) is 0.835. The number of carbonyl (C=O) groups excluding carboxylic acids is 2. The minimum Gasteiger partial charge on any atom is -0.334 e. The zero-order valence-electron chi connectivity index (χ0n) is 14.3. The summed E-state index contributed by atoms with van der Waals surface area (Å²) in [5.74, 6) is 0.923. The largest absolute Gasteiger partial charge is 0.334 e. The van der Waals surface area contributed by atoms with Gasteiger partial charge in [0.05, 0.1) is 29.4 Å². The van der Waals surface area contributed by atoms with Gasteiger partial charge in [0, 0.05) is 11.4 Å². The molecule has 2 aromatic heterocycles. The Morgan fingerprint density at radius 3 is 3.00 bits per heavy atom. The van der Waals surface area contributed by atoms with Crippen LogP contribution in [0.1, 0.15) is 40.4 Å². The standard InChI is InChI=1S/C16H21N5O2S2/c1-3-21-17-9-14(19-21)18-16(23)13-7-6-12(25-13)11-5-4-8-20(11)15(22)10-24-2/h6-7,9,11H,3-5,8,10H2,1-2H3,(H,18,19,23)/t11-/m1/s1. The first-order valence-electron chi connectivity index (χ1n) is 8.22. The van der Waals surface area contributed by atoms with Crippen LogP contribution in [0.25, 0.3) is 0 Å². The predicted molar refractivity (Wildman–Crippen MR) is 100 cm³/mol. The van der Waals surface area contributed by atoms with E-state index in [9.17, 15) is 9.59 Å². The molecule has 134 valence electrons. The molecule has 1 atom stereocenters. The molecule has 0 spiro atoms. The zero-order valence-corrected chi connectivity index (χ0v) is 15.9. The molecule has 1 N–H and O–H groups in total. The van der Waals surface area contributed by atoms with Gasteiger partial charge in [0.2, 0.25) is 5.91 Å². The third kappa shape index (κ3) is 4.04. The second-order valence-corrected chi connectivity index (χ2v) is 7.73. The van der Waals surface area contributed by atoms with E-state index in [-0.39, 0.29) is 17.9 Å². The molecule has 2 amide bonds. The number of nitrogens with one attached hydrogen (secondary N) is 1. The van der Waals surface area contributed by atoms with Crippen molar-refractivity contribution in [3.8, 4) is 0 Å². The summed E-state index contributed by atoms with van der Waals surface area (Å²) in [6, 6.07) is 3.86. The van der Waals surface area contributed by atoms with Crippen LogP contribution in [0.15, 0.2) is 18.3 Å². The van der Waals surface area contributed by atoms with Gasteiger partial charge in [0.25, 0.3) is 5.91 Å². The van der Waals surface area contributed by atoms with Gasteiger partial charge in [-0.15, -0.1) is 16.4 Å². The molecule has 0 radical (unpaired) electrons. The van der Waals surface area contributed by atoms with Crippen molar-refractivity contribution in [2.75, 3.05) is 23.9 Å². The fourth-order valence-electron chi connectivity index (χ4n) is 2.91. The summed E-state index contributed by atoms with van der Waals surface area (Å²) in [7, 11) is 0. The summed E-state index contributed by atoms with van der Waals surface area (Å²) in [6.07, 6.45) is 5.43. The first kappa shape index (κ1) is 17.9. The van der Waals surface area contributed by atoms with Crippen molar-refractivity contribution in [1.82, 2.24) is 19.9 Å². The van der Waals surface area contributed by atoms with Crippen LogP contribution in [0, 0.1) is 0 Å². The van der Waals surface area contributed by atoms with Crippen molar-refractivity contribution < 1.29 is 9.59 Å². The Bertz CT molecular complexity index is 757. The molecule has 0 unspecified atom stereocenters. The highest BCUT2D eigenvalue weighted by Crippen LogP contribution is 2.36. The highest BCUT2D eigenvalue weighted by atomic mass is 32.2. The average molecular weight is 380 g/mol. The Kier molecular flexibility index (Phi) is 5.74. The van der Waals surface area contributed by atoms with E-state index in [2.05, 4.69) is 15.5 Å². The molecule has 2 aromatic rings. The van der Waals surface area contributed by atoms with Crippen molar-refractivity contribution >= 4 is 40.7 Å². The van der Waals surface area contributed by atoms with Crippen LogP contribution in [-0.4, -0.2) is 50.3 Å². The highest BCUT2D eigenvalue weighted by molar-refractivity contribution is 7.99. The minimum atomic E-state index is -0.195. The first-order chi connectivity index (χ1) is 12.1. The molecular weight excluding hydrogens is 358 g/mol. The van der Waals surface area contributed by atoms with Crippen LogP contribution in [0.2, 0.25) is 0 Å². The molecule has 1 saturated heterocycles. The number of likely N-dealkylation sites (tertiary alicyclic amines) is 1. The van der Waals surface area contributed by atoms with Crippen LogP contribution >= 0.6 is 23.1 Å². The van der Waals surface area contributed by atoms with E-state index in [1.54, 1.807) is 11.8 Å². The molecule has 3 heterocycles. The summed E-state index contributed by atoms with van der Waals surface area (Å²) < 4.78 is 0. The lowest BCUT2D eigenvalue weighted by atomic mass is 10.2. The van der Waals surface area contributed by atoms with E-state index in [0.717, 1.165) is 24.3 Å². The Balaban J connectivity index is 1.68. The molecule has 25 heavy (non-hydrogen) atoms. The SMILES string of the molecule is CCn1ncc(NC(=O)c2ccc([C@H]3CCCN3C(=O)CSC)s2)n1. The maximum absolute atomic E-state index is 12.4. The Morgan fingerprint density at radius 1 is 1.44 bits per heavy atom. The number of hydrogen-bond acceptors (Lipinski definition) is 6. The third-order valence-electron chi connectivity index (χ3n) is 4.08. The van der Waals surface area contributed by atoms with E-state index < -0.39 is 0 Å². The molecule has 0 saturated carbocycles. The van der Waals surface area contributed by atoms with Crippen LogP contribution in [0.5, 0.6) is 0 Å². The fourth-order valence-corrected chi connectivity index (χ4v) is 4.37. The number of anilines is 1. The number of thiophene rings is 1. The maximum atomic E-state index is 12.4. The molecule has 7 nitrogen and oxygen atoms in total. The lowest BCUT2D eigenvalue weighted by Crippen LogP contribution is -2.31. The number of rotatable bonds is 6. The number of hydrogen-bond donors (Lipinski definition) is 1. The number of aromatic nitrogens is 3. The van der Waals surface area contributed by atoms with Crippen molar-refractivity contribution in [1.29, 1.82) is 0 Å². The summed E-state index contributed by atoms with van der Waals surface area (Å²) >= 11 is 2.98. The van der Waals surface area contributed by atoms with Gasteiger partial charge in [0.1, 0.15) is 0 Å².